The Morgan fingerprint density at radius 1 is 0.721 bits per heavy atom. The van der Waals surface area contributed by atoms with Crippen LogP contribution in [0.4, 0.5) is 0 Å². The van der Waals surface area contributed by atoms with Gasteiger partial charge < -0.3 is 14.2 Å². The summed E-state index contributed by atoms with van der Waals surface area (Å²) >= 11 is 0. The molecule has 0 radical (unpaired) electrons. The first kappa shape index (κ1) is 35.8. The van der Waals surface area contributed by atoms with E-state index in [1.54, 1.807) is 48.7 Å². The molecule has 7 heteroatoms. The average molecular weight is 595 g/mol. The summed E-state index contributed by atoms with van der Waals surface area (Å²) in [7, 11) is 1.51. The number of hydrogen-bond acceptors (Lipinski definition) is 6. The average Bonchev–Trinajstić information content (AvgIpc) is 3.02. The van der Waals surface area contributed by atoms with Crippen molar-refractivity contribution < 1.29 is 23.8 Å². The van der Waals surface area contributed by atoms with E-state index < -0.39 is 5.97 Å². The smallest absolute Gasteiger partial charge is 0.343 e. The van der Waals surface area contributed by atoms with Crippen LogP contribution in [-0.2, 0) is 4.79 Å². The number of nitrogens with zero attached hydrogens (tertiary/aromatic N) is 1. The molecular weight excluding hydrogens is 540 g/mol. The highest BCUT2D eigenvalue weighted by molar-refractivity contribution is 5.91. The molecule has 0 unspecified atom stereocenters. The van der Waals surface area contributed by atoms with Crippen LogP contribution in [0.5, 0.6) is 17.2 Å². The first-order valence-corrected chi connectivity index (χ1v) is 16.5. The van der Waals surface area contributed by atoms with Crippen molar-refractivity contribution in [2.75, 3.05) is 13.7 Å². The maximum atomic E-state index is 12.6. The fourth-order valence-corrected chi connectivity index (χ4v) is 4.81. The third-order valence-corrected chi connectivity index (χ3v) is 7.36. The summed E-state index contributed by atoms with van der Waals surface area (Å²) in [5.74, 6) is 0.821. The number of ether oxygens (including phenoxy) is 3. The number of rotatable bonds is 24. The molecule has 0 saturated carbocycles. The van der Waals surface area contributed by atoms with Crippen LogP contribution < -0.4 is 19.6 Å². The highest BCUT2D eigenvalue weighted by Gasteiger charge is 2.13. The van der Waals surface area contributed by atoms with E-state index in [9.17, 15) is 9.59 Å². The minimum absolute atomic E-state index is 0.0884. The Bertz CT molecular complexity index is 1070. The first-order valence-electron chi connectivity index (χ1n) is 16.5. The number of amides is 1. The first-order chi connectivity index (χ1) is 21.1. The number of carbonyl (C=O) groups is 2. The Balaban J connectivity index is 1.58. The zero-order valence-electron chi connectivity index (χ0n) is 26.8. The van der Waals surface area contributed by atoms with Crippen molar-refractivity contribution in [2.24, 2.45) is 5.10 Å². The molecule has 0 saturated heterocycles. The monoisotopic (exact) mass is 594 g/mol. The van der Waals surface area contributed by atoms with E-state index in [0.717, 1.165) is 19.3 Å². The molecule has 0 aromatic heterocycles. The van der Waals surface area contributed by atoms with Gasteiger partial charge in [-0.3, -0.25) is 4.79 Å². The Morgan fingerprint density at radius 3 is 1.86 bits per heavy atom. The van der Waals surface area contributed by atoms with E-state index >= 15 is 0 Å². The highest BCUT2D eigenvalue weighted by atomic mass is 16.6. The van der Waals surface area contributed by atoms with Gasteiger partial charge in [-0.05, 0) is 60.9 Å². The molecule has 238 valence electrons. The lowest BCUT2D eigenvalue weighted by Crippen LogP contribution is -2.16. The molecule has 2 aromatic rings. The van der Waals surface area contributed by atoms with E-state index in [4.69, 9.17) is 14.2 Å². The van der Waals surface area contributed by atoms with Gasteiger partial charge in [-0.2, -0.15) is 5.10 Å². The van der Waals surface area contributed by atoms with Crippen molar-refractivity contribution in [2.45, 2.75) is 123 Å². The summed E-state index contributed by atoms with van der Waals surface area (Å²) in [4.78, 5) is 24.8. The third-order valence-electron chi connectivity index (χ3n) is 7.36. The second-order valence-corrected chi connectivity index (χ2v) is 11.2. The lowest BCUT2D eigenvalue weighted by atomic mass is 10.0. The lowest BCUT2D eigenvalue weighted by molar-refractivity contribution is -0.121. The maximum absolute atomic E-state index is 12.6. The molecule has 0 aliphatic carbocycles. The van der Waals surface area contributed by atoms with Crippen molar-refractivity contribution in [3.05, 3.63) is 53.6 Å². The number of unbranched alkanes of at least 4 members (excludes halogenated alkanes) is 14. The highest BCUT2D eigenvalue weighted by Crippen LogP contribution is 2.28. The van der Waals surface area contributed by atoms with Crippen molar-refractivity contribution in [1.82, 2.24) is 5.43 Å². The van der Waals surface area contributed by atoms with Gasteiger partial charge in [0.15, 0.2) is 11.5 Å². The summed E-state index contributed by atoms with van der Waals surface area (Å²) < 4.78 is 16.5. The van der Waals surface area contributed by atoms with Crippen molar-refractivity contribution in [3.63, 3.8) is 0 Å². The topological polar surface area (TPSA) is 86.2 Å². The Morgan fingerprint density at radius 2 is 1.30 bits per heavy atom. The Labute approximate surface area is 259 Å². The van der Waals surface area contributed by atoms with E-state index in [-0.39, 0.29) is 5.91 Å². The van der Waals surface area contributed by atoms with E-state index in [1.165, 1.54) is 90.6 Å². The number of hydrazone groups is 1. The molecule has 0 heterocycles. The van der Waals surface area contributed by atoms with Crippen molar-refractivity contribution >= 4 is 18.1 Å². The predicted octanol–water partition coefficient (Wildman–Crippen LogP) is 9.41. The van der Waals surface area contributed by atoms with Crippen LogP contribution in [0.2, 0.25) is 0 Å². The molecule has 0 bridgehead atoms. The largest absolute Gasteiger partial charge is 0.494 e. The normalized spacial score (nSPS) is 11.0. The molecule has 0 fully saturated rings. The van der Waals surface area contributed by atoms with E-state index in [0.29, 0.717) is 41.4 Å². The minimum Gasteiger partial charge on any atom is -0.494 e. The quantitative estimate of drug-likeness (QED) is 0.0430. The molecule has 0 atom stereocenters. The SMILES string of the molecule is CCCCCCCCCCCCCCCCCC(=O)NN=Cc1ccc(OC(=O)c2ccc(OCCC)cc2)c(OC)c1. The number of benzene rings is 2. The molecular formula is C36H54N2O5. The van der Waals surface area contributed by atoms with Gasteiger partial charge in [0.05, 0.1) is 25.5 Å². The molecule has 0 aliphatic heterocycles. The van der Waals surface area contributed by atoms with Gasteiger partial charge in [0.1, 0.15) is 5.75 Å². The van der Waals surface area contributed by atoms with Crippen LogP contribution >= 0.6 is 0 Å². The van der Waals surface area contributed by atoms with Gasteiger partial charge in [-0.25, -0.2) is 10.2 Å². The summed E-state index contributed by atoms with van der Waals surface area (Å²) in [6, 6.07) is 11.9. The Kier molecular flexibility index (Phi) is 19.3. The van der Waals surface area contributed by atoms with Gasteiger partial charge in [-0.15, -0.1) is 0 Å². The van der Waals surface area contributed by atoms with Crippen LogP contribution in [0, 0.1) is 0 Å². The second-order valence-electron chi connectivity index (χ2n) is 11.2. The van der Waals surface area contributed by atoms with E-state index in [2.05, 4.69) is 17.5 Å². The van der Waals surface area contributed by atoms with Gasteiger partial charge in [0, 0.05) is 6.42 Å². The minimum atomic E-state index is -0.493. The molecule has 0 spiro atoms. The molecule has 7 nitrogen and oxygen atoms in total. The van der Waals surface area contributed by atoms with Gasteiger partial charge in [-0.1, -0.05) is 104 Å². The lowest BCUT2D eigenvalue weighted by Gasteiger charge is -2.10. The molecule has 43 heavy (non-hydrogen) atoms. The summed E-state index contributed by atoms with van der Waals surface area (Å²) in [6.07, 6.45) is 22.4. The zero-order chi connectivity index (χ0) is 31.0. The predicted molar refractivity (Wildman–Crippen MR) is 175 cm³/mol. The molecule has 2 rings (SSSR count). The van der Waals surface area contributed by atoms with Crippen molar-refractivity contribution in [1.29, 1.82) is 0 Å². The number of esters is 1. The van der Waals surface area contributed by atoms with Crippen LogP contribution in [0.3, 0.4) is 0 Å². The number of carbonyl (C=O) groups excluding carboxylic acids is 2. The van der Waals surface area contributed by atoms with Crippen LogP contribution in [0.15, 0.2) is 47.6 Å². The fraction of sp³-hybridized carbons (Fsp3) is 0.583. The molecule has 0 aliphatic rings. The summed E-state index contributed by atoms with van der Waals surface area (Å²) in [5.41, 5.74) is 3.72. The number of methoxy groups -OCH3 is 1. The van der Waals surface area contributed by atoms with Gasteiger partial charge >= 0.3 is 5.97 Å². The van der Waals surface area contributed by atoms with Crippen LogP contribution in [-0.4, -0.2) is 31.8 Å². The summed E-state index contributed by atoms with van der Waals surface area (Å²) in [6.45, 7) is 4.93. The molecule has 1 amide bonds. The number of hydrogen-bond donors (Lipinski definition) is 1. The van der Waals surface area contributed by atoms with Gasteiger partial charge in [0.2, 0.25) is 5.91 Å². The Hall–Kier alpha value is -3.35. The standard InChI is InChI=1S/C36H54N2O5/c1-4-6-7-8-9-10-11-12-13-14-15-16-17-18-19-20-35(39)38-37-29-30-21-26-33(34(28-30)41-3)43-36(40)31-22-24-32(25-23-31)42-27-5-2/h21-26,28-29H,4-20,27H2,1-3H3,(H,38,39). The van der Waals surface area contributed by atoms with Gasteiger partial charge in [0.25, 0.3) is 0 Å². The molecule has 1 N–H and O–H groups in total. The van der Waals surface area contributed by atoms with Crippen LogP contribution in [0.25, 0.3) is 0 Å². The van der Waals surface area contributed by atoms with E-state index in [1.807, 2.05) is 6.92 Å². The summed E-state index contributed by atoms with van der Waals surface area (Å²) in [5, 5.41) is 4.07. The molecule has 2 aromatic carbocycles. The fourth-order valence-electron chi connectivity index (χ4n) is 4.81. The number of nitrogens with one attached hydrogen (secondary N) is 1. The third kappa shape index (κ3) is 16.2. The van der Waals surface area contributed by atoms with Crippen molar-refractivity contribution in [3.8, 4) is 17.2 Å². The maximum Gasteiger partial charge on any atom is 0.343 e. The second kappa shape index (κ2) is 23.1. The zero-order valence-corrected chi connectivity index (χ0v) is 26.8. The van der Waals surface area contributed by atoms with Crippen LogP contribution in [0.1, 0.15) is 139 Å².